The van der Waals surface area contributed by atoms with Crippen LogP contribution in [0.2, 0.25) is 5.02 Å². The molecule has 1 amide bonds. The second-order valence-electron chi connectivity index (χ2n) is 4.55. The van der Waals surface area contributed by atoms with Crippen molar-refractivity contribution in [2.45, 2.75) is 12.6 Å². The molecule has 2 nitrogen and oxygen atoms in total. The number of hydrogen-bond donors (Lipinski definition) is 1. The van der Waals surface area contributed by atoms with Gasteiger partial charge in [0.1, 0.15) is 0 Å². The van der Waals surface area contributed by atoms with Gasteiger partial charge in [0.2, 0.25) is 5.91 Å². The fraction of sp³-hybridized carbons (Fsp3) is 0.133. The van der Waals surface area contributed by atoms with E-state index >= 15 is 0 Å². The average molecular weight is 393 g/mol. The summed E-state index contributed by atoms with van der Waals surface area (Å²) in [6, 6.07) is 9.59. The van der Waals surface area contributed by atoms with Gasteiger partial charge >= 0.3 is 6.18 Å². The maximum Gasteiger partial charge on any atom is 0.416 e. The summed E-state index contributed by atoms with van der Waals surface area (Å²) < 4.78 is 38.6. The van der Waals surface area contributed by atoms with Crippen LogP contribution in [0.5, 0.6) is 0 Å². The van der Waals surface area contributed by atoms with Gasteiger partial charge in [-0.3, -0.25) is 4.79 Å². The quantitative estimate of drug-likeness (QED) is 0.754. The van der Waals surface area contributed by atoms with E-state index in [1.807, 2.05) is 0 Å². The number of halogens is 5. The van der Waals surface area contributed by atoms with Crippen LogP contribution in [0.25, 0.3) is 0 Å². The molecule has 2 aromatic rings. The zero-order chi connectivity index (χ0) is 16.3. The molecule has 0 saturated carbocycles. The van der Waals surface area contributed by atoms with Crippen LogP contribution in [0.1, 0.15) is 11.1 Å². The zero-order valence-electron chi connectivity index (χ0n) is 11.0. The number of benzene rings is 2. The Hall–Kier alpha value is -1.53. The lowest BCUT2D eigenvalue weighted by atomic mass is 10.1. The topological polar surface area (TPSA) is 29.1 Å². The third kappa shape index (κ3) is 4.48. The third-order valence-electron chi connectivity index (χ3n) is 2.82. The van der Waals surface area contributed by atoms with Gasteiger partial charge < -0.3 is 5.32 Å². The molecule has 22 heavy (non-hydrogen) atoms. The Morgan fingerprint density at radius 2 is 1.91 bits per heavy atom. The Bertz CT molecular complexity index is 703. The first-order valence-electron chi connectivity index (χ1n) is 6.17. The lowest BCUT2D eigenvalue weighted by Gasteiger charge is -2.10. The molecular formula is C15H10BrClF3NO. The first-order chi connectivity index (χ1) is 10.3. The number of nitrogens with one attached hydrogen (secondary N) is 1. The van der Waals surface area contributed by atoms with Crippen molar-refractivity contribution in [3.05, 3.63) is 63.1 Å². The number of hydrogen-bond acceptors (Lipinski definition) is 1. The maximum atomic E-state index is 12.6. The molecule has 0 radical (unpaired) electrons. The molecular weight excluding hydrogens is 383 g/mol. The molecule has 2 aromatic carbocycles. The predicted octanol–water partition coefficient (Wildman–Crippen LogP) is 5.30. The first-order valence-corrected chi connectivity index (χ1v) is 7.34. The van der Waals surface area contributed by atoms with E-state index in [1.165, 1.54) is 12.1 Å². The highest BCUT2D eigenvalue weighted by atomic mass is 79.9. The summed E-state index contributed by atoms with van der Waals surface area (Å²) >= 11 is 9.21. The van der Waals surface area contributed by atoms with Crippen molar-refractivity contribution in [1.29, 1.82) is 0 Å². The minimum atomic E-state index is -4.43. The van der Waals surface area contributed by atoms with E-state index in [-0.39, 0.29) is 12.0 Å². The van der Waals surface area contributed by atoms with Gasteiger partial charge in [-0.2, -0.15) is 13.2 Å². The van der Waals surface area contributed by atoms with E-state index in [2.05, 4.69) is 21.2 Å². The standard InChI is InChI=1S/C15H10BrClF3NO/c16-11-4-5-13(12(17)8-11)21-14(22)7-9-2-1-3-10(6-9)15(18,19)20/h1-6,8H,7H2,(H,21,22). The highest BCUT2D eigenvalue weighted by Gasteiger charge is 2.30. The highest BCUT2D eigenvalue weighted by Crippen LogP contribution is 2.30. The molecule has 0 aliphatic carbocycles. The van der Waals surface area contributed by atoms with Crippen molar-refractivity contribution < 1.29 is 18.0 Å². The Balaban J connectivity index is 2.09. The average Bonchev–Trinajstić information content (AvgIpc) is 2.41. The van der Waals surface area contributed by atoms with Gasteiger partial charge in [-0.05, 0) is 29.8 Å². The molecule has 2 rings (SSSR count). The van der Waals surface area contributed by atoms with Crippen LogP contribution < -0.4 is 5.32 Å². The molecule has 1 N–H and O–H groups in total. The zero-order valence-corrected chi connectivity index (χ0v) is 13.4. The van der Waals surface area contributed by atoms with Crippen LogP contribution in [0.3, 0.4) is 0 Å². The normalized spacial score (nSPS) is 11.3. The first kappa shape index (κ1) is 16.8. The molecule has 0 bridgehead atoms. The fourth-order valence-electron chi connectivity index (χ4n) is 1.83. The van der Waals surface area contributed by atoms with Crippen LogP contribution >= 0.6 is 27.5 Å². The molecule has 0 heterocycles. The van der Waals surface area contributed by atoms with Gasteiger partial charge in [0.05, 0.1) is 22.7 Å². The Labute approximate surface area is 138 Å². The van der Waals surface area contributed by atoms with Crippen molar-refractivity contribution in [3.8, 4) is 0 Å². The number of carbonyl (C=O) groups excluding carboxylic acids is 1. The van der Waals surface area contributed by atoms with Crippen molar-refractivity contribution >= 4 is 39.1 Å². The molecule has 116 valence electrons. The summed E-state index contributed by atoms with van der Waals surface area (Å²) in [5, 5.41) is 2.91. The second-order valence-corrected chi connectivity index (χ2v) is 5.87. The van der Waals surface area contributed by atoms with Crippen molar-refractivity contribution in [3.63, 3.8) is 0 Å². The van der Waals surface area contributed by atoms with Crippen molar-refractivity contribution in [2.75, 3.05) is 5.32 Å². The second kappa shape index (κ2) is 6.71. The van der Waals surface area contributed by atoms with Gasteiger partial charge in [0.25, 0.3) is 0 Å². The van der Waals surface area contributed by atoms with Crippen LogP contribution in [0, 0.1) is 0 Å². The molecule has 0 aromatic heterocycles. The van der Waals surface area contributed by atoms with Crippen LogP contribution in [-0.2, 0) is 17.4 Å². The minimum Gasteiger partial charge on any atom is -0.324 e. The van der Waals surface area contributed by atoms with Crippen molar-refractivity contribution in [2.24, 2.45) is 0 Å². The van der Waals surface area contributed by atoms with Gasteiger partial charge in [-0.15, -0.1) is 0 Å². The smallest absolute Gasteiger partial charge is 0.324 e. The molecule has 0 aliphatic rings. The largest absolute Gasteiger partial charge is 0.416 e. The summed E-state index contributed by atoms with van der Waals surface area (Å²) in [7, 11) is 0. The summed E-state index contributed by atoms with van der Waals surface area (Å²) in [6.07, 6.45) is -4.60. The SMILES string of the molecule is O=C(Cc1cccc(C(F)(F)F)c1)Nc1ccc(Br)cc1Cl. The number of carbonyl (C=O) groups is 1. The molecule has 0 spiro atoms. The third-order valence-corrected chi connectivity index (χ3v) is 3.63. The number of amides is 1. The van der Waals surface area contributed by atoms with Crippen LogP contribution in [-0.4, -0.2) is 5.91 Å². The van der Waals surface area contributed by atoms with E-state index in [0.717, 1.165) is 16.6 Å². The summed E-state index contributed by atoms with van der Waals surface area (Å²) in [4.78, 5) is 11.9. The van der Waals surface area contributed by atoms with E-state index in [0.29, 0.717) is 10.7 Å². The predicted molar refractivity (Wildman–Crippen MR) is 82.9 cm³/mol. The lowest BCUT2D eigenvalue weighted by molar-refractivity contribution is -0.137. The molecule has 0 unspecified atom stereocenters. The number of anilines is 1. The maximum absolute atomic E-state index is 12.6. The minimum absolute atomic E-state index is 0.170. The molecule has 0 saturated heterocycles. The molecule has 0 atom stereocenters. The van der Waals surface area contributed by atoms with Gasteiger partial charge in [0, 0.05) is 4.47 Å². The monoisotopic (exact) mass is 391 g/mol. The van der Waals surface area contributed by atoms with Gasteiger partial charge in [-0.25, -0.2) is 0 Å². The highest BCUT2D eigenvalue weighted by molar-refractivity contribution is 9.10. The number of rotatable bonds is 3. The van der Waals surface area contributed by atoms with Crippen LogP contribution in [0.15, 0.2) is 46.9 Å². The Kier molecular flexibility index (Phi) is 5.13. The summed E-state index contributed by atoms with van der Waals surface area (Å²) in [6.45, 7) is 0. The Morgan fingerprint density at radius 3 is 2.55 bits per heavy atom. The van der Waals surface area contributed by atoms with E-state index < -0.39 is 17.6 Å². The van der Waals surface area contributed by atoms with Crippen LogP contribution in [0.4, 0.5) is 18.9 Å². The number of alkyl halides is 3. The molecule has 0 fully saturated rings. The lowest BCUT2D eigenvalue weighted by Crippen LogP contribution is -2.15. The summed E-state index contributed by atoms with van der Waals surface area (Å²) in [5.74, 6) is -0.441. The fourth-order valence-corrected chi connectivity index (χ4v) is 2.55. The van der Waals surface area contributed by atoms with Crippen molar-refractivity contribution in [1.82, 2.24) is 0 Å². The van der Waals surface area contributed by atoms with E-state index in [1.54, 1.807) is 18.2 Å². The van der Waals surface area contributed by atoms with E-state index in [4.69, 9.17) is 11.6 Å². The Morgan fingerprint density at radius 1 is 1.18 bits per heavy atom. The van der Waals surface area contributed by atoms with E-state index in [9.17, 15) is 18.0 Å². The summed E-state index contributed by atoms with van der Waals surface area (Å²) in [5.41, 5.74) is -0.0955. The molecule has 0 aliphatic heterocycles. The van der Waals surface area contributed by atoms with Gasteiger partial charge in [0.15, 0.2) is 0 Å². The molecule has 7 heteroatoms. The van der Waals surface area contributed by atoms with Gasteiger partial charge in [-0.1, -0.05) is 45.7 Å².